The second-order valence-corrected chi connectivity index (χ2v) is 9.07. The molecule has 2 aromatic carbocycles. The van der Waals surface area contributed by atoms with Crippen molar-refractivity contribution < 1.29 is 9.21 Å². The first-order valence-corrected chi connectivity index (χ1v) is 11.8. The molecule has 0 bridgehead atoms. The van der Waals surface area contributed by atoms with Gasteiger partial charge in [-0.15, -0.1) is 0 Å². The molecule has 0 spiro atoms. The van der Waals surface area contributed by atoms with Crippen molar-refractivity contribution in [2.45, 2.75) is 26.2 Å². The van der Waals surface area contributed by atoms with E-state index < -0.39 is 5.91 Å². The van der Waals surface area contributed by atoms with E-state index in [0.717, 1.165) is 74.1 Å². The highest BCUT2D eigenvalue weighted by atomic mass is 16.3. The van der Waals surface area contributed by atoms with E-state index in [1.54, 1.807) is 0 Å². The van der Waals surface area contributed by atoms with Crippen molar-refractivity contribution in [3.63, 3.8) is 0 Å². The molecular weight excluding hydrogens is 426 g/mol. The van der Waals surface area contributed by atoms with Gasteiger partial charge >= 0.3 is 0 Å². The summed E-state index contributed by atoms with van der Waals surface area (Å²) in [5.74, 6) is -0.282. The van der Waals surface area contributed by atoms with Gasteiger partial charge in [-0.25, -0.2) is 0 Å². The molecule has 1 saturated heterocycles. The second-order valence-electron chi connectivity index (χ2n) is 9.07. The number of nitrogens with zero attached hydrogens (tertiary/aromatic N) is 3. The Balaban J connectivity index is 1.12. The van der Waals surface area contributed by atoms with Crippen LogP contribution in [0.1, 0.15) is 40.1 Å². The van der Waals surface area contributed by atoms with Gasteiger partial charge in [0, 0.05) is 59.9 Å². The molecule has 0 unspecified atom stereocenters. The van der Waals surface area contributed by atoms with Crippen molar-refractivity contribution in [3.05, 3.63) is 65.0 Å². The fraction of sp³-hybridized carbons (Fsp3) is 0.333. The molecule has 0 radical (unpaired) electrons. The number of furan rings is 1. The van der Waals surface area contributed by atoms with Gasteiger partial charge in [0.1, 0.15) is 5.58 Å². The number of primary amides is 1. The number of carbonyl (C=O) groups excluding carboxylic acids is 1. The maximum atomic E-state index is 11.6. The van der Waals surface area contributed by atoms with Crippen LogP contribution in [-0.2, 0) is 6.42 Å². The van der Waals surface area contributed by atoms with Gasteiger partial charge in [0.2, 0.25) is 0 Å². The van der Waals surface area contributed by atoms with Crippen molar-refractivity contribution in [2.24, 2.45) is 5.73 Å². The predicted molar refractivity (Wildman–Crippen MR) is 134 cm³/mol. The number of hydrogen-bond acceptors (Lipinski definition) is 5. The van der Waals surface area contributed by atoms with Gasteiger partial charge in [-0.2, -0.15) is 5.26 Å². The lowest BCUT2D eigenvalue weighted by Crippen LogP contribution is -2.46. The predicted octanol–water partition coefficient (Wildman–Crippen LogP) is 4.34. The van der Waals surface area contributed by atoms with Crippen molar-refractivity contribution >= 4 is 33.5 Å². The van der Waals surface area contributed by atoms with E-state index in [9.17, 15) is 4.79 Å². The average Bonchev–Trinajstić information content (AvgIpc) is 3.42. The maximum Gasteiger partial charge on any atom is 0.284 e. The topological polar surface area (TPSA) is 102 Å². The average molecular weight is 456 g/mol. The van der Waals surface area contributed by atoms with Crippen LogP contribution >= 0.6 is 0 Å². The first-order valence-electron chi connectivity index (χ1n) is 11.8. The van der Waals surface area contributed by atoms with Crippen LogP contribution in [0.15, 0.2) is 47.0 Å². The normalized spacial score (nSPS) is 14.6. The van der Waals surface area contributed by atoms with Crippen LogP contribution in [0.3, 0.4) is 0 Å². The van der Waals surface area contributed by atoms with E-state index in [2.05, 4.69) is 39.2 Å². The Morgan fingerprint density at radius 3 is 2.71 bits per heavy atom. The zero-order valence-electron chi connectivity index (χ0n) is 19.4. The minimum atomic E-state index is -0.527. The van der Waals surface area contributed by atoms with Gasteiger partial charge in [0.05, 0.1) is 11.6 Å². The molecule has 34 heavy (non-hydrogen) atoms. The van der Waals surface area contributed by atoms with E-state index in [0.29, 0.717) is 11.1 Å². The molecule has 7 nitrogen and oxygen atoms in total. The molecule has 174 valence electrons. The van der Waals surface area contributed by atoms with Crippen LogP contribution in [0, 0.1) is 18.3 Å². The Labute approximate surface area is 198 Å². The van der Waals surface area contributed by atoms with Crippen molar-refractivity contribution in [1.29, 1.82) is 5.26 Å². The molecule has 1 aliphatic rings. The summed E-state index contributed by atoms with van der Waals surface area (Å²) < 4.78 is 5.62. The van der Waals surface area contributed by atoms with Crippen LogP contribution in [0.4, 0.5) is 5.69 Å². The molecule has 7 heteroatoms. The van der Waals surface area contributed by atoms with Gasteiger partial charge in [-0.3, -0.25) is 9.69 Å². The van der Waals surface area contributed by atoms with Crippen LogP contribution in [0.2, 0.25) is 0 Å². The number of fused-ring (bicyclic) bond motifs is 2. The third-order valence-corrected chi connectivity index (χ3v) is 6.95. The van der Waals surface area contributed by atoms with E-state index in [-0.39, 0.29) is 5.76 Å². The molecule has 4 aromatic rings. The van der Waals surface area contributed by atoms with Crippen LogP contribution in [0.5, 0.6) is 0 Å². The fourth-order valence-electron chi connectivity index (χ4n) is 4.98. The molecule has 2 aromatic heterocycles. The lowest BCUT2D eigenvalue weighted by atomic mass is 10.0. The number of aryl methyl sites for hydroxylation is 2. The third kappa shape index (κ3) is 4.25. The third-order valence-electron chi connectivity index (χ3n) is 6.95. The minimum Gasteiger partial charge on any atom is -0.451 e. The Hall–Kier alpha value is -3.76. The van der Waals surface area contributed by atoms with Crippen molar-refractivity contribution in [2.75, 3.05) is 37.6 Å². The number of piperazine rings is 1. The maximum absolute atomic E-state index is 11.6. The highest BCUT2D eigenvalue weighted by Crippen LogP contribution is 2.30. The Morgan fingerprint density at radius 1 is 1.12 bits per heavy atom. The molecule has 0 aliphatic carbocycles. The Bertz CT molecular complexity index is 1390. The number of rotatable bonds is 7. The van der Waals surface area contributed by atoms with E-state index >= 15 is 0 Å². The van der Waals surface area contributed by atoms with E-state index in [4.69, 9.17) is 15.4 Å². The molecule has 3 N–H and O–H groups in total. The Kier molecular flexibility index (Phi) is 5.99. The summed E-state index contributed by atoms with van der Waals surface area (Å²) in [6, 6.07) is 14.2. The number of amides is 1. The first kappa shape index (κ1) is 22.1. The molecule has 1 amide bonds. The molecule has 5 rings (SSSR count). The second kappa shape index (κ2) is 9.24. The lowest BCUT2D eigenvalue weighted by Gasteiger charge is -2.36. The van der Waals surface area contributed by atoms with Crippen molar-refractivity contribution in [3.8, 4) is 6.07 Å². The number of nitrogens with two attached hydrogens (primary N) is 1. The standard InChI is InChI=1S/C27H29N5O2/c1-18-22-15-21(6-8-25(22)34-26(18)27(29)33)32-12-10-31(11-13-32)9-3-2-4-20-17-30-24-7-5-19(16-28)14-23(20)24/h5-8,14-15,17,30H,2-4,9-13H2,1H3,(H2,29,33). The van der Waals surface area contributed by atoms with Crippen LogP contribution < -0.4 is 10.6 Å². The molecule has 1 fully saturated rings. The number of unbranched alkanes of at least 4 members (excludes halogenated alkanes) is 1. The number of hydrogen-bond donors (Lipinski definition) is 2. The number of nitrogens with one attached hydrogen (secondary N) is 1. The quantitative estimate of drug-likeness (QED) is 0.404. The zero-order chi connectivity index (χ0) is 23.7. The minimum absolute atomic E-state index is 0.245. The Morgan fingerprint density at radius 2 is 1.94 bits per heavy atom. The largest absolute Gasteiger partial charge is 0.451 e. The summed E-state index contributed by atoms with van der Waals surface area (Å²) in [6.07, 6.45) is 5.38. The van der Waals surface area contributed by atoms with Crippen molar-refractivity contribution in [1.82, 2.24) is 9.88 Å². The SMILES string of the molecule is Cc1c(C(N)=O)oc2ccc(N3CCN(CCCCc4c[nH]c5ccc(C#N)cc45)CC3)cc12. The zero-order valence-corrected chi connectivity index (χ0v) is 19.4. The molecular formula is C27H29N5O2. The summed E-state index contributed by atoms with van der Waals surface area (Å²) in [7, 11) is 0. The lowest BCUT2D eigenvalue weighted by molar-refractivity contribution is 0.0975. The van der Waals surface area contributed by atoms with Crippen LogP contribution in [-0.4, -0.2) is 48.5 Å². The molecule has 0 atom stereocenters. The number of carbonyl (C=O) groups is 1. The smallest absolute Gasteiger partial charge is 0.284 e. The monoisotopic (exact) mass is 455 g/mol. The van der Waals surface area contributed by atoms with E-state index in [1.807, 2.05) is 31.2 Å². The summed E-state index contributed by atoms with van der Waals surface area (Å²) in [4.78, 5) is 19.8. The number of aromatic nitrogens is 1. The van der Waals surface area contributed by atoms with Gasteiger partial charge in [0.25, 0.3) is 5.91 Å². The highest BCUT2D eigenvalue weighted by Gasteiger charge is 2.20. The number of aromatic amines is 1. The summed E-state index contributed by atoms with van der Waals surface area (Å²) >= 11 is 0. The molecule has 0 saturated carbocycles. The summed E-state index contributed by atoms with van der Waals surface area (Å²) in [5, 5.41) is 11.3. The first-order chi connectivity index (χ1) is 16.5. The highest BCUT2D eigenvalue weighted by molar-refractivity contribution is 5.98. The van der Waals surface area contributed by atoms with Gasteiger partial charge in [-0.1, -0.05) is 0 Å². The molecule has 1 aliphatic heterocycles. The van der Waals surface area contributed by atoms with Gasteiger partial charge in [0.15, 0.2) is 5.76 Å². The summed E-state index contributed by atoms with van der Waals surface area (Å²) in [5.41, 5.74) is 11.2. The fourth-order valence-corrected chi connectivity index (χ4v) is 4.98. The number of anilines is 1. The summed E-state index contributed by atoms with van der Waals surface area (Å²) in [6.45, 7) is 7.00. The number of nitriles is 1. The van der Waals surface area contributed by atoms with E-state index in [1.165, 1.54) is 10.9 Å². The van der Waals surface area contributed by atoms with Gasteiger partial charge < -0.3 is 20.0 Å². The van der Waals surface area contributed by atoms with Gasteiger partial charge in [-0.05, 0) is 74.7 Å². The number of H-pyrrole nitrogens is 1. The molecule has 3 heterocycles. The number of benzene rings is 2. The van der Waals surface area contributed by atoms with Crippen LogP contribution in [0.25, 0.3) is 21.9 Å².